The molecule has 3 aromatic carbocycles. The minimum atomic E-state index is 0.934. The highest BCUT2D eigenvalue weighted by molar-refractivity contribution is 7.27. The molecule has 138 valence electrons. The molecule has 0 saturated carbocycles. The molecule has 0 aliphatic carbocycles. The first-order valence-corrected chi connectivity index (χ1v) is 10.1. The Hall–Kier alpha value is -3.35. The molecular formula is C26H19N2P. The molecule has 3 heteroatoms. The van der Waals surface area contributed by atoms with Crippen LogP contribution in [0.15, 0.2) is 104 Å². The van der Waals surface area contributed by atoms with E-state index in [0.717, 1.165) is 16.8 Å². The Morgan fingerprint density at radius 3 is 1.83 bits per heavy atom. The van der Waals surface area contributed by atoms with Crippen molar-refractivity contribution >= 4 is 25.3 Å². The van der Waals surface area contributed by atoms with Gasteiger partial charge in [0.05, 0.1) is 5.69 Å². The molecule has 2 aromatic heterocycles. The number of nitrogens with zero attached hydrogens (tertiary/aromatic N) is 2. The Morgan fingerprint density at radius 2 is 1.21 bits per heavy atom. The fraction of sp³-hybridized carbons (Fsp3) is 0. The number of aromatic nitrogens is 2. The lowest BCUT2D eigenvalue weighted by atomic mass is 9.98. The van der Waals surface area contributed by atoms with Crippen LogP contribution in [0.25, 0.3) is 44.3 Å². The molecule has 5 aromatic rings. The van der Waals surface area contributed by atoms with Crippen LogP contribution in [-0.2, 0) is 0 Å². The van der Waals surface area contributed by atoms with E-state index in [1.807, 2.05) is 24.5 Å². The standard InChI is InChI=1S/C26H19N2P/c29-25-10-7-18(8-11-25)19-3-4-21-15-22(6-5-20(21)14-19)23-9-12-26(28-17-23)24-2-1-13-27-16-24/h1-17H,29H2. The Morgan fingerprint density at radius 1 is 0.552 bits per heavy atom. The number of hydrogen-bond donors (Lipinski definition) is 0. The second-order valence-electron chi connectivity index (χ2n) is 7.07. The maximum absolute atomic E-state index is 4.62. The van der Waals surface area contributed by atoms with E-state index < -0.39 is 0 Å². The number of pyridine rings is 2. The number of rotatable bonds is 3. The molecule has 2 heterocycles. The van der Waals surface area contributed by atoms with E-state index in [1.54, 1.807) is 6.20 Å². The van der Waals surface area contributed by atoms with Crippen LogP contribution in [0.5, 0.6) is 0 Å². The zero-order valence-corrected chi connectivity index (χ0v) is 16.9. The summed E-state index contributed by atoms with van der Waals surface area (Å²) >= 11 is 0. The highest BCUT2D eigenvalue weighted by Gasteiger charge is 2.05. The molecule has 0 saturated heterocycles. The molecule has 0 aliphatic heterocycles. The Balaban J connectivity index is 1.47. The van der Waals surface area contributed by atoms with Gasteiger partial charge in [-0.1, -0.05) is 54.6 Å². The van der Waals surface area contributed by atoms with Gasteiger partial charge in [0, 0.05) is 29.7 Å². The molecule has 0 aliphatic rings. The lowest BCUT2D eigenvalue weighted by Gasteiger charge is -2.08. The van der Waals surface area contributed by atoms with E-state index in [0.29, 0.717) is 0 Å². The smallest absolute Gasteiger partial charge is 0.0717 e. The normalized spacial score (nSPS) is 10.9. The number of hydrogen-bond acceptors (Lipinski definition) is 2. The van der Waals surface area contributed by atoms with E-state index in [4.69, 9.17) is 0 Å². The van der Waals surface area contributed by atoms with Gasteiger partial charge >= 0.3 is 0 Å². The Kier molecular flexibility index (Phi) is 4.63. The largest absolute Gasteiger partial charge is 0.264 e. The second-order valence-corrected chi connectivity index (χ2v) is 7.74. The predicted octanol–water partition coefficient (Wildman–Crippen LogP) is 6.13. The summed E-state index contributed by atoms with van der Waals surface area (Å²) in [5, 5.41) is 3.66. The highest BCUT2D eigenvalue weighted by atomic mass is 31.0. The summed E-state index contributed by atoms with van der Waals surface area (Å²) in [5.74, 6) is 0. The minimum absolute atomic E-state index is 0.934. The van der Waals surface area contributed by atoms with E-state index in [1.165, 1.54) is 32.8 Å². The maximum atomic E-state index is 4.62. The zero-order valence-electron chi connectivity index (χ0n) is 15.8. The molecule has 1 atom stereocenters. The monoisotopic (exact) mass is 390 g/mol. The lowest BCUT2D eigenvalue weighted by molar-refractivity contribution is 1.28. The fourth-order valence-electron chi connectivity index (χ4n) is 3.53. The van der Waals surface area contributed by atoms with E-state index in [-0.39, 0.29) is 0 Å². The van der Waals surface area contributed by atoms with Gasteiger partial charge in [-0.2, -0.15) is 0 Å². The number of fused-ring (bicyclic) bond motifs is 1. The molecule has 2 nitrogen and oxygen atoms in total. The summed E-state index contributed by atoms with van der Waals surface area (Å²) in [7, 11) is 2.73. The Labute approximate surface area is 172 Å². The molecule has 1 unspecified atom stereocenters. The van der Waals surface area contributed by atoms with Crippen LogP contribution in [0.4, 0.5) is 0 Å². The minimum Gasteiger partial charge on any atom is -0.264 e. The summed E-state index contributed by atoms with van der Waals surface area (Å²) in [6, 6.07) is 29.9. The third kappa shape index (κ3) is 3.68. The van der Waals surface area contributed by atoms with E-state index in [2.05, 4.69) is 92.0 Å². The first-order valence-electron chi connectivity index (χ1n) is 9.53. The summed E-state index contributed by atoms with van der Waals surface area (Å²) < 4.78 is 0. The first-order chi connectivity index (χ1) is 14.3. The van der Waals surface area contributed by atoms with Gasteiger partial charge in [0.25, 0.3) is 0 Å². The van der Waals surface area contributed by atoms with E-state index >= 15 is 0 Å². The number of benzene rings is 3. The van der Waals surface area contributed by atoms with Crippen molar-refractivity contribution in [1.82, 2.24) is 9.97 Å². The summed E-state index contributed by atoms with van der Waals surface area (Å²) in [6.07, 6.45) is 5.54. The van der Waals surface area contributed by atoms with Gasteiger partial charge in [-0.05, 0) is 63.1 Å². The zero-order chi connectivity index (χ0) is 19.6. The topological polar surface area (TPSA) is 25.8 Å². The highest BCUT2D eigenvalue weighted by Crippen LogP contribution is 2.29. The first kappa shape index (κ1) is 17.7. The average molecular weight is 390 g/mol. The predicted molar refractivity (Wildman–Crippen MR) is 125 cm³/mol. The van der Waals surface area contributed by atoms with Crippen LogP contribution in [0.1, 0.15) is 0 Å². The van der Waals surface area contributed by atoms with Gasteiger partial charge < -0.3 is 0 Å². The molecular weight excluding hydrogens is 371 g/mol. The van der Waals surface area contributed by atoms with Crippen molar-refractivity contribution in [2.24, 2.45) is 0 Å². The van der Waals surface area contributed by atoms with E-state index in [9.17, 15) is 0 Å². The fourth-order valence-corrected chi connectivity index (χ4v) is 3.72. The molecule has 5 rings (SSSR count). The van der Waals surface area contributed by atoms with Crippen LogP contribution < -0.4 is 5.30 Å². The van der Waals surface area contributed by atoms with Crippen LogP contribution >= 0.6 is 9.24 Å². The second kappa shape index (κ2) is 7.58. The molecule has 0 spiro atoms. The van der Waals surface area contributed by atoms with Crippen molar-refractivity contribution in [3.8, 4) is 33.5 Å². The van der Waals surface area contributed by atoms with Gasteiger partial charge in [-0.25, -0.2) is 0 Å². The summed E-state index contributed by atoms with van der Waals surface area (Å²) in [5.41, 5.74) is 6.71. The van der Waals surface area contributed by atoms with Crippen molar-refractivity contribution < 1.29 is 0 Å². The van der Waals surface area contributed by atoms with Gasteiger partial charge in [0.2, 0.25) is 0 Å². The summed E-state index contributed by atoms with van der Waals surface area (Å²) in [6.45, 7) is 0. The molecule has 0 bridgehead atoms. The molecule has 0 N–H and O–H groups in total. The molecule has 0 fully saturated rings. The molecule has 0 radical (unpaired) electrons. The van der Waals surface area contributed by atoms with Gasteiger partial charge in [-0.15, -0.1) is 9.24 Å². The van der Waals surface area contributed by atoms with Gasteiger partial charge in [0.15, 0.2) is 0 Å². The quantitative estimate of drug-likeness (QED) is 0.346. The van der Waals surface area contributed by atoms with Crippen LogP contribution in [-0.4, -0.2) is 9.97 Å². The lowest BCUT2D eigenvalue weighted by Crippen LogP contribution is -1.88. The van der Waals surface area contributed by atoms with Gasteiger partial charge in [-0.3, -0.25) is 9.97 Å². The molecule has 0 amide bonds. The SMILES string of the molecule is Pc1ccc(-c2ccc3cc(-c4ccc(-c5cccnc5)nc4)ccc3c2)cc1. The summed E-state index contributed by atoms with van der Waals surface area (Å²) in [4.78, 5) is 8.79. The van der Waals surface area contributed by atoms with Crippen molar-refractivity contribution in [2.45, 2.75) is 0 Å². The molecule has 29 heavy (non-hydrogen) atoms. The van der Waals surface area contributed by atoms with Crippen LogP contribution in [0, 0.1) is 0 Å². The van der Waals surface area contributed by atoms with Crippen molar-refractivity contribution in [1.29, 1.82) is 0 Å². The third-order valence-electron chi connectivity index (χ3n) is 5.14. The van der Waals surface area contributed by atoms with Crippen molar-refractivity contribution in [2.75, 3.05) is 0 Å². The van der Waals surface area contributed by atoms with Gasteiger partial charge in [0.1, 0.15) is 0 Å². The van der Waals surface area contributed by atoms with Crippen LogP contribution in [0.2, 0.25) is 0 Å². The van der Waals surface area contributed by atoms with Crippen molar-refractivity contribution in [3.05, 3.63) is 104 Å². The maximum Gasteiger partial charge on any atom is 0.0717 e. The van der Waals surface area contributed by atoms with Crippen molar-refractivity contribution in [3.63, 3.8) is 0 Å². The Bertz CT molecular complexity index is 1280. The average Bonchev–Trinajstić information content (AvgIpc) is 2.80. The van der Waals surface area contributed by atoms with Crippen LogP contribution in [0.3, 0.4) is 0 Å². The third-order valence-corrected chi connectivity index (χ3v) is 5.52.